The van der Waals surface area contributed by atoms with Crippen LogP contribution >= 0.6 is 11.6 Å². The maximum Gasteiger partial charge on any atom is 0.338 e. The fraction of sp³-hybridized carbons (Fsp3) is 0.118. The highest BCUT2D eigenvalue weighted by Gasteiger charge is 2.12. The van der Waals surface area contributed by atoms with E-state index in [9.17, 15) is 9.18 Å². The molecule has 0 radical (unpaired) electrons. The molecule has 2 heterocycles. The van der Waals surface area contributed by atoms with Gasteiger partial charge in [-0.15, -0.1) is 0 Å². The number of methoxy groups -OCH3 is 1. The number of ether oxygens (including phenoxy) is 2. The van der Waals surface area contributed by atoms with E-state index in [2.05, 4.69) is 10.1 Å². The average Bonchev–Trinajstić information content (AvgIpc) is 3.10. The van der Waals surface area contributed by atoms with Gasteiger partial charge in [0.15, 0.2) is 5.82 Å². The normalized spacial score (nSPS) is 10.5. The van der Waals surface area contributed by atoms with E-state index in [1.165, 1.54) is 48.5 Å². The standard InChI is InChI=1S/C17H13ClFN3O3/c1-24-17(23)12-4-6-20-15(9-12)22-16(5-7-21-22)25-10-11-2-3-13(18)14(19)8-11/h2-9H,10H2,1H3. The summed E-state index contributed by atoms with van der Waals surface area (Å²) >= 11 is 5.66. The molecule has 3 rings (SSSR count). The Kier molecular flexibility index (Phi) is 4.95. The molecule has 0 spiro atoms. The third-order valence-electron chi connectivity index (χ3n) is 3.36. The zero-order chi connectivity index (χ0) is 17.8. The van der Waals surface area contributed by atoms with E-state index < -0.39 is 11.8 Å². The number of carbonyl (C=O) groups is 1. The number of carbonyl (C=O) groups excluding carboxylic acids is 1. The molecule has 2 aromatic heterocycles. The zero-order valence-corrected chi connectivity index (χ0v) is 13.9. The molecule has 0 atom stereocenters. The number of hydrogen-bond acceptors (Lipinski definition) is 5. The number of aromatic nitrogens is 3. The smallest absolute Gasteiger partial charge is 0.338 e. The molecule has 0 amide bonds. The van der Waals surface area contributed by atoms with Gasteiger partial charge in [-0.25, -0.2) is 14.2 Å². The van der Waals surface area contributed by atoms with Crippen molar-refractivity contribution in [3.8, 4) is 11.7 Å². The first-order valence-electron chi connectivity index (χ1n) is 7.24. The van der Waals surface area contributed by atoms with Crippen LogP contribution in [0.5, 0.6) is 5.88 Å². The molecular formula is C17H13ClFN3O3. The summed E-state index contributed by atoms with van der Waals surface area (Å²) in [6.45, 7) is 0.122. The van der Waals surface area contributed by atoms with E-state index in [4.69, 9.17) is 21.1 Å². The summed E-state index contributed by atoms with van der Waals surface area (Å²) in [5.74, 6) is -0.200. The van der Waals surface area contributed by atoms with Crippen molar-refractivity contribution >= 4 is 17.6 Å². The lowest BCUT2D eigenvalue weighted by atomic mass is 10.2. The molecule has 0 aliphatic heterocycles. The van der Waals surface area contributed by atoms with Gasteiger partial charge >= 0.3 is 5.97 Å². The lowest BCUT2D eigenvalue weighted by Gasteiger charge is -2.09. The molecule has 8 heteroatoms. The number of pyridine rings is 1. The largest absolute Gasteiger partial charge is 0.473 e. The third-order valence-corrected chi connectivity index (χ3v) is 3.67. The summed E-state index contributed by atoms with van der Waals surface area (Å²) in [5.41, 5.74) is 0.958. The predicted molar refractivity (Wildman–Crippen MR) is 88.4 cm³/mol. The third kappa shape index (κ3) is 3.77. The summed E-state index contributed by atoms with van der Waals surface area (Å²) in [5, 5.41) is 4.19. The SMILES string of the molecule is COC(=O)c1ccnc(-n2nccc2OCc2ccc(Cl)c(F)c2)c1. The van der Waals surface area contributed by atoms with Gasteiger partial charge in [-0.05, 0) is 29.8 Å². The number of halogens is 2. The molecule has 0 saturated heterocycles. The van der Waals surface area contributed by atoms with E-state index in [1.54, 1.807) is 12.1 Å². The Morgan fingerprint density at radius 3 is 2.84 bits per heavy atom. The summed E-state index contributed by atoms with van der Waals surface area (Å²) in [6.07, 6.45) is 3.01. The van der Waals surface area contributed by atoms with Crippen molar-refractivity contribution < 1.29 is 18.7 Å². The Bertz CT molecular complexity index is 914. The molecule has 0 aliphatic carbocycles. The molecule has 0 bridgehead atoms. The maximum atomic E-state index is 13.5. The minimum Gasteiger partial charge on any atom is -0.473 e. The minimum absolute atomic E-state index is 0.0533. The highest BCUT2D eigenvalue weighted by atomic mass is 35.5. The zero-order valence-electron chi connectivity index (χ0n) is 13.1. The van der Waals surface area contributed by atoms with Gasteiger partial charge in [-0.2, -0.15) is 9.78 Å². The first-order valence-corrected chi connectivity index (χ1v) is 7.62. The second-order valence-corrected chi connectivity index (χ2v) is 5.42. The maximum absolute atomic E-state index is 13.5. The van der Waals surface area contributed by atoms with Gasteiger partial charge in [0, 0.05) is 12.3 Å². The fourth-order valence-electron chi connectivity index (χ4n) is 2.14. The lowest BCUT2D eigenvalue weighted by molar-refractivity contribution is 0.0600. The van der Waals surface area contributed by atoms with E-state index in [-0.39, 0.29) is 11.6 Å². The summed E-state index contributed by atoms with van der Waals surface area (Å²) in [6, 6.07) is 9.15. The number of rotatable bonds is 5. The Labute approximate surface area is 147 Å². The van der Waals surface area contributed by atoms with Crippen LogP contribution < -0.4 is 4.74 Å². The van der Waals surface area contributed by atoms with Crippen LogP contribution in [0.3, 0.4) is 0 Å². The van der Waals surface area contributed by atoms with Crippen molar-refractivity contribution in [3.63, 3.8) is 0 Å². The second-order valence-electron chi connectivity index (χ2n) is 5.01. The van der Waals surface area contributed by atoms with Crippen LogP contribution in [0, 0.1) is 5.82 Å². The molecule has 1 aromatic carbocycles. The molecule has 3 aromatic rings. The van der Waals surface area contributed by atoms with Crippen molar-refractivity contribution in [2.45, 2.75) is 6.61 Å². The molecule has 0 aliphatic rings. The van der Waals surface area contributed by atoms with Gasteiger partial charge in [-0.3, -0.25) is 0 Å². The van der Waals surface area contributed by atoms with Crippen LogP contribution in [0.2, 0.25) is 5.02 Å². The number of benzene rings is 1. The van der Waals surface area contributed by atoms with E-state index in [0.29, 0.717) is 22.8 Å². The van der Waals surface area contributed by atoms with Crippen LogP contribution in [-0.4, -0.2) is 27.8 Å². The van der Waals surface area contributed by atoms with Crippen molar-refractivity contribution in [2.24, 2.45) is 0 Å². The van der Waals surface area contributed by atoms with Crippen molar-refractivity contribution in [2.75, 3.05) is 7.11 Å². The van der Waals surface area contributed by atoms with E-state index in [1.807, 2.05) is 0 Å². The van der Waals surface area contributed by atoms with Crippen molar-refractivity contribution in [3.05, 3.63) is 70.8 Å². The summed E-state index contributed by atoms with van der Waals surface area (Å²) in [7, 11) is 1.30. The quantitative estimate of drug-likeness (QED) is 0.651. The monoisotopic (exact) mass is 361 g/mol. The topological polar surface area (TPSA) is 66.2 Å². The average molecular weight is 362 g/mol. The van der Waals surface area contributed by atoms with Crippen LogP contribution in [0.4, 0.5) is 4.39 Å². The van der Waals surface area contributed by atoms with Gasteiger partial charge in [0.1, 0.15) is 12.4 Å². The molecule has 6 nitrogen and oxygen atoms in total. The predicted octanol–water partition coefficient (Wildman–Crippen LogP) is 3.43. The first kappa shape index (κ1) is 16.9. The lowest BCUT2D eigenvalue weighted by Crippen LogP contribution is -2.07. The van der Waals surface area contributed by atoms with Crippen LogP contribution in [0.25, 0.3) is 5.82 Å². The Hall–Kier alpha value is -2.93. The van der Waals surface area contributed by atoms with Crippen molar-refractivity contribution in [1.29, 1.82) is 0 Å². The van der Waals surface area contributed by atoms with Gasteiger partial charge in [0.2, 0.25) is 5.88 Å². The van der Waals surface area contributed by atoms with Crippen LogP contribution in [-0.2, 0) is 11.3 Å². The van der Waals surface area contributed by atoms with Crippen LogP contribution in [0.15, 0.2) is 48.8 Å². The molecule has 0 fully saturated rings. The molecular weight excluding hydrogens is 349 g/mol. The highest BCUT2D eigenvalue weighted by molar-refractivity contribution is 6.30. The Balaban J connectivity index is 1.81. The van der Waals surface area contributed by atoms with Gasteiger partial charge in [0.25, 0.3) is 0 Å². The van der Waals surface area contributed by atoms with Gasteiger partial charge in [-0.1, -0.05) is 17.7 Å². The van der Waals surface area contributed by atoms with Gasteiger partial charge in [0.05, 0.1) is 23.9 Å². The van der Waals surface area contributed by atoms with Crippen LogP contribution in [0.1, 0.15) is 15.9 Å². The minimum atomic E-state index is -0.510. The number of hydrogen-bond donors (Lipinski definition) is 0. The molecule has 0 N–H and O–H groups in total. The van der Waals surface area contributed by atoms with E-state index >= 15 is 0 Å². The highest BCUT2D eigenvalue weighted by Crippen LogP contribution is 2.20. The Morgan fingerprint density at radius 1 is 1.24 bits per heavy atom. The van der Waals surface area contributed by atoms with Gasteiger partial charge < -0.3 is 9.47 Å². The summed E-state index contributed by atoms with van der Waals surface area (Å²) in [4.78, 5) is 15.8. The second kappa shape index (κ2) is 7.31. The van der Waals surface area contributed by atoms with Crippen molar-refractivity contribution in [1.82, 2.24) is 14.8 Å². The fourth-order valence-corrected chi connectivity index (χ4v) is 2.26. The van der Waals surface area contributed by atoms with E-state index in [0.717, 1.165) is 0 Å². The number of nitrogens with zero attached hydrogens (tertiary/aromatic N) is 3. The Morgan fingerprint density at radius 2 is 2.08 bits per heavy atom. The molecule has 0 saturated carbocycles. The molecule has 0 unspecified atom stereocenters. The first-order chi connectivity index (χ1) is 12.1. The number of esters is 1. The summed E-state index contributed by atoms with van der Waals surface area (Å²) < 4.78 is 25.3. The molecule has 128 valence electrons. The molecule has 25 heavy (non-hydrogen) atoms.